The van der Waals surface area contributed by atoms with Crippen molar-refractivity contribution in [3.8, 4) is 0 Å². The Bertz CT molecular complexity index is 645. The van der Waals surface area contributed by atoms with Crippen LogP contribution in [0, 0.1) is 17.8 Å². The summed E-state index contributed by atoms with van der Waals surface area (Å²) in [5, 5.41) is 11.1. The number of aliphatic hydroxyl groups excluding tert-OH is 1. The van der Waals surface area contributed by atoms with E-state index in [9.17, 15) is 5.11 Å². The molecular formula is C31H52O5. The van der Waals surface area contributed by atoms with E-state index in [0.717, 1.165) is 58.2 Å². The lowest BCUT2D eigenvalue weighted by molar-refractivity contribution is -0.193. The van der Waals surface area contributed by atoms with Crippen molar-refractivity contribution in [1.29, 1.82) is 0 Å². The molecule has 4 fully saturated rings. The fraction of sp³-hybridized carbons (Fsp3) is 0.871. The molecule has 1 N–H and O–H groups in total. The second kappa shape index (κ2) is 15.6. The van der Waals surface area contributed by atoms with E-state index in [-0.39, 0.29) is 42.7 Å². The van der Waals surface area contributed by atoms with E-state index in [2.05, 4.69) is 31.2 Å². The maximum absolute atomic E-state index is 11.1. The van der Waals surface area contributed by atoms with Crippen LogP contribution in [-0.2, 0) is 18.9 Å². The molecule has 206 valence electrons. The minimum atomic E-state index is -0.347. The summed E-state index contributed by atoms with van der Waals surface area (Å²) in [5.41, 5.74) is 0. The Kier molecular flexibility index (Phi) is 12.3. The minimum absolute atomic E-state index is 0.00803. The van der Waals surface area contributed by atoms with E-state index >= 15 is 0 Å². The van der Waals surface area contributed by atoms with Crippen molar-refractivity contribution in [2.45, 2.75) is 141 Å². The molecule has 5 heteroatoms. The zero-order valence-electron chi connectivity index (χ0n) is 22.7. The number of aliphatic hydroxyl groups is 1. The standard InChI is InChI=1S/C31H52O5/c1-2-3-4-5-9-16-25-26(29(23-27(25)32)36-31-18-11-13-22-34-31)19-20-28(24-14-7-6-8-15-24)35-30-17-10-12-21-33-30/h5,9,19-20,24-32H,2-4,6-8,10-18,21-23H2,1H3/b9-5-,20-19+/t25-,26-,27+,28-,29-,30?,31?/m1/s1. The van der Waals surface area contributed by atoms with Crippen molar-refractivity contribution in [3.63, 3.8) is 0 Å². The Labute approximate surface area is 220 Å². The van der Waals surface area contributed by atoms with Crippen molar-refractivity contribution in [1.82, 2.24) is 0 Å². The third-order valence-corrected chi connectivity index (χ3v) is 8.74. The second-order valence-corrected chi connectivity index (χ2v) is 11.5. The molecule has 0 spiro atoms. The first-order valence-electron chi connectivity index (χ1n) is 15.3. The number of rotatable bonds is 12. The zero-order chi connectivity index (χ0) is 25.0. The number of allylic oxidation sites excluding steroid dienone is 2. The Morgan fingerprint density at radius 3 is 2.31 bits per heavy atom. The van der Waals surface area contributed by atoms with E-state index in [0.29, 0.717) is 12.3 Å². The van der Waals surface area contributed by atoms with Crippen LogP contribution in [0.25, 0.3) is 0 Å². The largest absolute Gasteiger partial charge is 0.393 e. The molecule has 2 saturated heterocycles. The molecule has 36 heavy (non-hydrogen) atoms. The fourth-order valence-electron chi connectivity index (χ4n) is 6.54. The Hall–Kier alpha value is -0.720. The van der Waals surface area contributed by atoms with Gasteiger partial charge in [0.05, 0.1) is 18.3 Å². The molecule has 2 heterocycles. The van der Waals surface area contributed by atoms with E-state index in [1.165, 1.54) is 51.4 Å². The third kappa shape index (κ3) is 8.66. The molecule has 2 unspecified atom stereocenters. The van der Waals surface area contributed by atoms with Crippen molar-refractivity contribution >= 4 is 0 Å². The molecule has 0 bridgehead atoms. The van der Waals surface area contributed by atoms with E-state index in [1.807, 2.05) is 0 Å². The molecule has 0 amide bonds. The van der Waals surface area contributed by atoms with Crippen LogP contribution in [0.1, 0.15) is 110 Å². The Morgan fingerprint density at radius 1 is 0.889 bits per heavy atom. The Morgan fingerprint density at radius 2 is 1.61 bits per heavy atom. The molecule has 0 aromatic carbocycles. The summed E-state index contributed by atoms with van der Waals surface area (Å²) in [6, 6.07) is 0. The van der Waals surface area contributed by atoms with Crippen molar-refractivity contribution < 1.29 is 24.1 Å². The number of hydrogen-bond donors (Lipinski definition) is 1. The van der Waals surface area contributed by atoms with Gasteiger partial charge < -0.3 is 24.1 Å². The summed E-state index contributed by atoms with van der Waals surface area (Å²) >= 11 is 0. The summed E-state index contributed by atoms with van der Waals surface area (Å²) in [7, 11) is 0. The molecule has 0 aromatic rings. The van der Waals surface area contributed by atoms with Gasteiger partial charge in [-0.1, -0.05) is 63.3 Å². The molecule has 2 aliphatic heterocycles. The molecule has 2 saturated carbocycles. The average molecular weight is 505 g/mol. The van der Waals surface area contributed by atoms with Gasteiger partial charge in [0.15, 0.2) is 12.6 Å². The van der Waals surface area contributed by atoms with Gasteiger partial charge in [0.2, 0.25) is 0 Å². The normalized spacial score (nSPS) is 35.6. The van der Waals surface area contributed by atoms with Crippen molar-refractivity contribution in [2.24, 2.45) is 17.8 Å². The number of ether oxygens (including phenoxy) is 4. The summed E-state index contributed by atoms with van der Waals surface area (Å²) in [4.78, 5) is 0. The smallest absolute Gasteiger partial charge is 0.158 e. The lowest BCUT2D eigenvalue weighted by Gasteiger charge is -2.33. The van der Waals surface area contributed by atoms with Gasteiger partial charge in [0.25, 0.3) is 0 Å². The van der Waals surface area contributed by atoms with Gasteiger partial charge in [-0.05, 0) is 76.0 Å². The van der Waals surface area contributed by atoms with Gasteiger partial charge in [-0.15, -0.1) is 0 Å². The van der Waals surface area contributed by atoms with Crippen LogP contribution in [0.3, 0.4) is 0 Å². The highest BCUT2D eigenvalue weighted by molar-refractivity contribution is 5.08. The van der Waals surface area contributed by atoms with Crippen LogP contribution in [0.2, 0.25) is 0 Å². The van der Waals surface area contributed by atoms with Gasteiger partial charge in [-0.3, -0.25) is 0 Å². The minimum Gasteiger partial charge on any atom is -0.393 e. The van der Waals surface area contributed by atoms with Gasteiger partial charge in [-0.2, -0.15) is 0 Å². The molecule has 0 radical (unpaired) electrons. The molecule has 7 atom stereocenters. The van der Waals surface area contributed by atoms with Crippen LogP contribution in [0.5, 0.6) is 0 Å². The van der Waals surface area contributed by atoms with E-state index in [4.69, 9.17) is 18.9 Å². The predicted molar refractivity (Wildman–Crippen MR) is 144 cm³/mol. The molecule has 4 aliphatic rings. The van der Waals surface area contributed by atoms with Crippen LogP contribution in [0.4, 0.5) is 0 Å². The second-order valence-electron chi connectivity index (χ2n) is 11.5. The first-order valence-corrected chi connectivity index (χ1v) is 15.3. The molecule has 0 aromatic heterocycles. The lowest BCUT2D eigenvalue weighted by Crippen LogP contribution is -2.33. The van der Waals surface area contributed by atoms with Crippen molar-refractivity contribution in [3.05, 3.63) is 24.3 Å². The molecule has 4 rings (SSSR count). The maximum Gasteiger partial charge on any atom is 0.158 e. The van der Waals surface area contributed by atoms with Gasteiger partial charge >= 0.3 is 0 Å². The number of hydrogen-bond acceptors (Lipinski definition) is 5. The summed E-state index contributed by atoms with van der Waals surface area (Å²) in [6.45, 7) is 3.82. The van der Waals surface area contributed by atoms with Gasteiger partial charge in [-0.25, -0.2) is 0 Å². The zero-order valence-corrected chi connectivity index (χ0v) is 22.7. The Balaban J connectivity index is 1.47. The van der Waals surface area contributed by atoms with Crippen LogP contribution < -0.4 is 0 Å². The van der Waals surface area contributed by atoms with Gasteiger partial charge in [0.1, 0.15) is 0 Å². The van der Waals surface area contributed by atoms with Gasteiger partial charge in [0, 0.05) is 25.6 Å². The fourth-order valence-corrected chi connectivity index (χ4v) is 6.54. The van der Waals surface area contributed by atoms with Crippen LogP contribution in [-0.4, -0.2) is 49.2 Å². The number of unbranched alkanes of at least 4 members (excludes halogenated alkanes) is 2. The topological polar surface area (TPSA) is 57.2 Å². The monoisotopic (exact) mass is 504 g/mol. The van der Waals surface area contributed by atoms with E-state index < -0.39 is 0 Å². The summed E-state index contributed by atoms with van der Waals surface area (Å²) < 4.78 is 25.0. The SMILES string of the molecule is CCCC/C=C\C[C@@H]1[C@@H](/C=C/[C@@H](OC2CCCCO2)C2CCCCC2)[C@H](OC2CCCCO2)C[C@@H]1O. The van der Waals surface area contributed by atoms with Crippen molar-refractivity contribution in [2.75, 3.05) is 13.2 Å². The van der Waals surface area contributed by atoms with E-state index in [1.54, 1.807) is 0 Å². The highest BCUT2D eigenvalue weighted by Gasteiger charge is 2.42. The summed E-state index contributed by atoms with van der Waals surface area (Å²) in [5.74, 6) is 0.897. The third-order valence-electron chi connectivity index (χ3n) is 8.74. The highest BCUT2D eigenvalue weighted by atomic mass is 16.7. The first kappa shape index (κ1) is 28.3. The highest BCUT2D eigenvalue weighted by Crippen LogP contribution is 2.40. The summed E-state index contributed by atoms with van der Waals surface area (Å²) in [6.07, 6.45) is 26.8. The van der Waals surface area contributed by atoms with Crippen LogP contribution in [0.15, 0.2) is 24.3 Å². The quantitative estimate of drug-likeness (QED) is 0.227. The maximum atomic E-state index is 11.1. The average Bonchev–Trinajstić information content (AvgIpc) is 3.21. The lowest BCUT2D eigenvalue weighted by atomic mass is 9.83. The first-order chi connectivity index (χ1) is 17.7. The predicted octanol–water partition coefficient (Wildman–Crippen LogP) is 7.08. The molecule has 2 aliphatic carbocycles. The molecular weight excluding hydrogens is 452 g/mol. The van der Waals surface area contributed by atoms with Crippen LogP contribution >= 0.6 is 0 Å². The molecule has 5 nitrogen and oxygen atoms in total.